The van der Waals surface area contributed by atoms with Gasteiger partial charge in [0.2, 0.25) is 0 Å². The van der Waals surface area contributed by atoms with Gasteiger partial charge in [0.1, 0.15) is 0 Å². The van der Waals surface area contributed by atoms with Crippen LogP contribution in [0.4, 0.5) is 5.69 Å². The number of piperidine rings is 1. The van der Waals surface area contributed by atoms with Crippen molar-refractivity contribution in [1.82, 2.24) is 4.98 Å². The zero-order valence-corrected chi connectivity index (χ0v) is 15.9. The molecule has 2 heteroatoms. The maximum absolute atomic E-state index is 4.71. The Kier molecular flexibility index (Phi) is 5.34. The number of hydrogen-bond donors (Lipinski definition) is 0. The lowest BCUT2D eigenvalue weighted by molar-refractivity contribution is 0.577. The molecule has 0 saturated carbocycles. The smallest absolute Gasteiger partial charge is 0.0653 e. The van der Waals surface area contributed by atoms with Gasteiger partial charge in [0.05, 0.1) is 5.69 Å². The monoisotopic (exact) mass is 354 g/mol. The van der Waals surface area contributed by atoms with E-state index in [2.05, 4.69) is 90.7 Å². The van der Waals surface area contributed by atoms with E-state index in [1.807, 2.05) is 0 Å². The molecule has 1 aliphatic rings. The van der Waals surface area contributed by atoms with E-state index in [1.54, 1.807) is 0 Å². The number of benzene rings is 2. The quantitative estimate of drug-likeness (QED) is 0.553. The molecule has 0 N–H and O–H groups in total. The van der Waals surface area contributed by atoms with Gasteiger partial charge in [-0.15, -0.1) is 0 Å². The normalized spacial score (nSPS) is 14.6. The first kappa shape index (κ1) is 17.5. The average Bonchev–Trinajstić information content (AvgIpc) is 2.73. The van der Waals surface area contributed by atoms with Gasteiger partial charge in [-0.3, -0.25) is 4.98 Å². The largest absolute Gasteiger partial charge is 0.371 e. The first-order valence-electron chi connectivity index (χ1n) is 9.85. The van der Waals surface area contributed by atoms with Gasteiger partial charge < -0.3 is 4.90 Å². The lowest BCUT2D eigenvalue weighted by atomic mass is 10.0. The minimum Gasteiger partial charge on any atom is -0.371 e. The molecule has 0 aliphatic carbocycles. The molecule has 0 bridgehead atoms. The second kappa shape index (κ2) is 8.22. The van der Waals surface area contributed by atoms with Gasteiger partial charge in [-0.25, -0.2) is 0 Å². The highest BCUT2D eigenvalue weighted by atomic mass is 15.1. The van der Waals surface area contributed by atoms with Crippen molar-refractivity contribution < 1.29 is 0 Å². The molecule has 27 heavy (non-hydrogen) atoms. The van der Waals surface area contributed by atoms with E-state index in [4.69, 9.17) is 4.98 Å². The second-order valence-corrected chi connectivity index (χ2v) is 7.26. The molecule has 2 aromatic carbocycles. The maximum Gasteiger partial charge on any atom is 0.0653 e. The Morgan fingerprint density at radius 2 is 1.56 bits per heavy atom. The second-order valence-electron chi connectivity index (χ2n) is 7.26. The molecule has 1 aliphatic heterocycles. The fourth-order valence-corrected chi connectivity index (χ4v) is 3.73. The number of hydrogen-bond acceptors (Lipinski definition) is 2. The molecule has 4 rings (SSSR count). The topological polar surface area (TPSA) is 16.1 Å². The average molecular weight is 354 g/mol. The fourth-order valence-electron chi connectivity index (χ4n) is 3.73. The first-order chi connectivity index (χ1) is 13.3. The van der Waals surface area contributed by atoms with E-state index in [1.165, 1.54) is 41.6 Å². The van der Waals surface area contributed by atoms with Crippen LogP contribution < -0.4 is 4.90 Å². The summed E-state index contributed by atoms with van der Waals surface area (Å²) in [4.78, 5) is 7.20. The highest BCUT2D eigenvalue weighted by Gasteiger charge is 2.11. The Hall–Kier alpha value is -2.87. The summed E-state index contributed by atoms with van der Waals surface area (Å²) in [5, 5.41) is 0. The fraction of sp³-hybridized carbons (Fsp3) is 0.240. The molecule has 2 heterocycles. The van der Waals surface area contributed by atoms with Gasteiger partial charge in [0.25, 0.3) is 0 Å². The summed E-state index contributed by atoms with van der Waals surface area (Å²) in [7, 11) is 0. The molecule has 0 unspecified atom stereocenters. The van der Waals surface area contributed by atoms with Crippen molar-refractivity contribution in [1.29, 1.82) is 0 Å². The molecule has 136 valence electrons. The van der Waals surface area contributed by atoms with Crippen LogP contribution in [0.25, 0.3) is 23.3 Å². The summed E-state index contributed by atoms with van der Waals surface area (Å²) in [6.07, 6.45) is 8.22. The minimum atomic E-state index is 1.03. The third-order valence-electron chi connectivity index (χ3n) is 5.12. The van der Waals surface area contributed by atoms with E-state index < -0.39 is 0 Å². The Bertz CT molecular complexity index is 922. The van der Waals surface area contributed by atoms with Crippen LogP contribution in [0.1, 0.15) is 36.2 Å². The Morgan fingerprint density at radius 1 is 0.778 bits per heavy atom. The van der Waals surface area contributed by atoms with Crippen LogP contribution in [0, 0.1) is 6.92 Å². The van der Waals surface area contributed by atoms with E-state index >= 15 is 0 Å². The maximum atomic E-state index is 4.71. The third kappa shape index (κ3) is 4.46. The Labute approximate surface area is 162 Å². The molecule has 0 amide bonds. The van der Waals surface area contributed by atoms with E-state index in [9.17, 15) is 0 Å². The summed E-state index contributed by atoms with van der Waals surface area (Å²) < 4.78 is 0. The standard InChI is InChI=1S/C25H26N2/c1-20-17-25(27-15-6-3-7-16-27)19-24(26-20)14-13-21-9-8-12-23(18-21)22-10-4-2-5-11-22/h2,4-5,8-14,17-19H,3,6-7,15-16H2,1H3/b14-13+. The molecule has 1 fully saturated rings. The molecule has 2 nitrogen and oxygen atoms in total. The minimum absolute atomic E-state index is 1.03. The molecule has 1 saturated heterocycles. The number of anilines is 1. The molecular weight excluding hydrogens is 328 g/mol. The summed E-state index contributed by atoms with van der Waals surface area (Å²) in [5.41, 5.74) is 7.09. The van der Waals surface area contributed by atoms with Gasteiger partial charge in [-0.2, -0.15) is 0 Å². The molecule has 0 spiro atoms. The van der Waals surface area contributed by atoms with Gasteiger partial charge >= 0.3 is 0 Å². The van der Waals surface area contributed by atoms with Crippen LogP contribution in [0.5, 0.6) is 0 Å². The van der Waals surface area contributed by atoms with Gasteiger partial charge in [-0.05, 0) is 67.2 Å². The Balaban J connectivity index is 1.57. The SMILES string of the molecule is Cc1cc(N2CCCCC2)cc(/C=C/c2cccc(-c3ccccc3)c2)n1. The summed E-state index contributed by atoms with van der Waals surface area (Å²) >= 11 is 0. The van der Waals surface area contributed by atoms with Crippen LogP contribution in [-0.2, 0) is 0 Å². The van der Waals surface area contributed by atoms with Crippen LogP contribution in [0.3, 0.4) is 0 Å². The number of aryl methyl sites for hydroxylation is 1. The van der Waals surface area contributed by atoms with Crippen molar-refractivity contribution >= 4 is 17.8 Å². The van der Waals surface area contributed by atoms with Crippen molar-refractivity contribution in [3.05, 3.63) is 83.7 Å². The van der Waals surface area contributed by atoms with Crippen molar-refractivity contribution in [3.63, 3.8) is 0 Å². The third-order valence-corrected chi connectivity index (χ3v) is 5.12. The molecule has 3 aromatic rings. The highest BCUT2D eigenvalue weighted by molar-refractivity contribution is 5.73. The predicted molar refractivity (Wildman–Crippen MR) is 116 cm³/mol. The molecular formula is C25H26N2. The first-order valence-corrected chi connectivity index (χ1v) is 9.85. The van der Waals surface area contributed by atoms with Gasteiger partial charge in [0, 0.05) is 24.5 Å². The Morgan fingerprint density at radius 3 is 2.37 bits per heavy atom. The summed E-state index contributed by atoms with van der Waals surface area (Å²) in [6.45, 7) is 4.40. The van der Waals surface area contributed by atoms with Crippen LogP contribution in [0.15, 0.2) is 66.7 Å². The number of pyridine rings is 1. The van der Waals surface area contributed by atoms with Crippen molar-refractivity contribution in [2.45, 2.75) is 26.2 Å². The van der Waals surface area contributed by atoms with Gasteiger partial charge in [-0.1, -0.05) is 54.6 Å². The van der Waals surface area contributed by atoms with E-state index in [-0.39, 0.29) is 0 Å². The molecule has 0 atom stereocenters. The van der Waals surface area contributed by atoms with Crippen molar-refractivity contribution in [3.8, 4) is 11.1 Å². The van der Waals surface area contributed by atoms with Crippen molar-refractivity contribution in [2.24, 2.45) is 0 Å². The van der Waals surface area contributed by atoms with Crippen molar-refractivity contribution in [2.75, 3.05) is 18.0 Å². The van der Waals surface area contributed by atoms with Crippen LogP contribution in [-0.4, -0.2) is 18.1 Å². The number of aromatic nitrogens is 1. The lowest BCUT2D eigenvalue weighted by Gasteiger charge is -2.29. The predicted octanol–water partition coefficient (Wildman–Crippen LogP) is 6.22. The highest BCUT2D eigenvalue weighted by Crippen LogP contribution is 2.23. The number of rotatable bonds is 4. The zero-order valence-electron chi connectivity index (χ0n) is 15.9. The zero-order chi connectivity index (χ0) is 18.5. The lowest BCUT2D eigenvalue weighted by Crippen LogP contribution is -2.29. The summed E-state index contributed by atoms with van der Waals surface area (Å²) in [5.74, 6) is 0. The van der Waals surface area contributed by atoms with E-state index in [0.29, 0.717) is 0 Å². The van der Waals surface area contributed by atoms with Crippen LogP contribution >= 0.6 is 0 Å². The molecule has 0 radical (unpaired) electrons. The summed E-state index contributed by atoms with van der Waals surface area (Å²) in [6, 6.07) is 23.6. The van der Waals surface area contributed by atoms with Gasteiger partial charge in [0.15, 0.2) is 0 Å². The van der Waals surface area contributed by atoms with Crippen LogP contribution in [0.2, 0.25) is 0 Å². The molecule has 1 aromatic heterocycles. The van der Waals surface area contributed by atoms with E-state index in [0.717, 1.165) is 24.5 Å². The number of nitrogens with zero attached hydrogens (tertiary/aromatic N) is 2.